The van der Waals surface area contributed by atoms with E-state index in [-0.39, 0.29) is 52.8 Å². The number of rotatable bonds is 3. The van der Waals surface area contributed by atoms with Crippen LogP contribution in [0, 0.1) is 0 Å². The first-order valence-corrected chi connectivity index (χ1v) is 2.29. The number of nitrogens with two attached hydrogens (primary N) is 2. The van der Waals surface area contributed by atoms with Crippen LogP contribution >= 0.6 is 0 Å². The monoisotopic (exact) mass is 172 g/mol. The Hall–Kier alpha value is 0.536. The number of aliphatic hydroxyl groups excluding tert-OH is 1. The minimum atomic E-state index is -1.44. The van der Waals surface area contributed by atoms with E-state index in [1.807, 2.05) is 0 Å². The van der Waals surface area contributed by atoms with Crippen molar-refractivity contribution >= 4 is 11.8 Å². The third-order valence-electron chi connectivity index (χ3n) is 0.723. The maximum absolute atomic E-state index is 10.00. The molecule has 0 saturated carbocycles. The average Bonchev–Trinajstić information content (AvgIpc) is 1.63. The fourth-order valence-corrected chi connectivity index (χ4v) is 0.291. The molecule has 0 spiro atoms. The summed E-state index contributed by atoms with van der Waals surface area (Å²) >= 11 is 0. The topological polar surface area (TPSA) is 106 Å². The first-order chi connectivity index (χ1) is 4.04. The van der Waals surface area contributed by atoms with Crippen LogP contribution in [-0.4, -0.2) is 23.0 Å². The van der Waals surface area contributed by atoms with Gasteiger partial charge in [-0.05, 0) is 0 Å². The largest absolute Gasteiger partial charge is 1.00 e. The molecule has 0 aliphatic heterocycles. The van der Waals surface area contributed by atoms with Gasteiger partial charge in [0.15, 0.2) is 0 Å². The van der Waals surface area contributed by atoms with Crippen LogP contribution in [0.2, 0.25) is 0 Å². The van der Waals surface area contributed by atoms with Crippen LogP contribution in [0.1, 0.15) is 7.85 Å². The summed E-state index contributed by atoms with van der Waals surface area (Å²) in [7, 11) is 0. The van der Waals surface area contributed by atoms with E-state index >= 15 is 0 Å². The molecule has 6 heteroatoms. The quantitative estimate of drug-likeness (QED) is 0.370. The second-order valence-corrected chi connectivity index (χ2v) is 1.59. The Morgan fingerprint density at radius 1 is 1.50 bits per heavy atom. The second-order valence-electron chi connectivity index (χ2n) is 1.59. The zero-order chi connectivity index (χ0) is 7.44. The van der Waals surface area contributed by atoms with Gasteiger partial charge in [-0.2, -0.15) is 0 Å². The van der Waals surface area contributed by atoms with Crippen molar-refractivity contribution in [3.8, 4) is 0 Å². The van der Waals surface area contributed by atoms with E-state index in [4.69, 9.17) is 5.11 Å². The maximum atomic E-state index is 10.00. The molecular formula is C4H9KN2O3. The van der Waals surface area contributed by atoms with Crippen LogP contribution in [0.5, 0.6) is 0 Å². The molecule has 0 aromatic carbocycles. The Labute approximate surface area is 102 Å². The molecule has 0 radical (unpaired) electrons. The van der Waals surface area contributed by atoms with E-state index in [2.05, 4.69) is 11.5 Å². The van der Waals surface area contributed by atoms with Gasteiger partial charge >= 0.3 is 51.4 Å². The summed E-state index contributed by atoms with van der Waals surface area (Å²) in [6, 6.07) is 0. The van der Waals surface area contributed by atoms with E-state index < -0.39 is 24.3 Å². The number of amides is 2. The van der Waals surface area contributed by atoms with Crippen molar-refractivity contribution in [2.75, 3.05) is 0 Å². The molecule has 1 unspecified atom stereocenters. The normalized spacial score (nSPS) is 11.3. The Morgan fingerprint density at radius 2 is 1.90 bits per heavy atom. The standard InChI is InChI=1S/C4H8N2O3.K.H/c5-3(8)1-2(7)4(6)9;;/h2,7H,1H2,(H2,5,8)(H2,6,9);;/q;+1;-1. The van der Waals surface area contributed by atoms with E-state index in [1.165, 1.54) is 0 Å². The first-order valence-electron chi connectivity index (χ1n) is 2.29. The zero-order valence-corrected chi connectivity index (χ0v) is 8.83. The molecule has 1 atom stereocenters. The molecule has 0 aromatic rings. The van der Waals surface area contributed by atoms with E-state index in [9.17, 15) is 9.59 Å². The molecule has 0 bridgehead atoms. The third-order valence-corrected chi connectivity index (χ3v) is 0.723. The number of aliphatic hydroxyl groups is 1. The summed E-state index contributed by atoms with van der Waals surface area (Å²) < 4.78 is 0. The summed E-state index contributed by atoms with van der Waals surface area (Å²) in [5, 5.41) is 8.52. The predicted molar refractivity (Wildman–Crippen MR) is 30.1 cm³/mol. The van der Waals surface area contributed by atoms with Gasteiger partial charge < -0.3 is 18.0 Å². The molecule has 0 aliphatic carbocycles. The Morgan fingerprint density at radius 3 is 2.00 bits per heavy atom. The number of carbonyl (C=O) groups excluding carboxylic acids is 2. The van der Waals surface area contributed by atoms with Gasteiger partial charge in [0.25, 0.3) is 0 Å². The van der Waals surface area contributed by atoms with E-state index in [0.29, 0.717) is 0 Å². The molecular weight excluding hydrogens is 163 g/mol. The SMILES string of the molecule is NC(=O)CC(O)C(N)=O.[H-].[K+]. The smallest absolute Gasteiger partial charge is 1.00 e. The van der Waals surface area contributed by atoms with Gasteiger partial charge in [0.1, 0.15) is 6.10 Å². The van der Waals surface area contributed by atoms with Crippen molar-refractivity contribution < 1.29 is 67.5 Å². The maximum Gasteiger partial charge on any atom is 1.00 e. The molecule has 10 heavy (non-hydrogen) atoms. The predicted octanol–water partition coefficient (Wildman–Crippen LogP) is -5.18. The number of carbonyl (C=O) groups is 2. The van der Waals surface area contributed by atoms with Crippen LogP contribution in [0.25, 0.3) is 0 Å². The average molecular weight is 172 g/mol. The van der Waals surface area contributed by atoms with Crippen LogP contribution in [-0.2, 0) is 9.59 Å². The molecule has 0 saturated heterocycles. The first kappa shape index (κ1) is 13.1. The van der Waals surface area contributed by atoms with E-state index in [1.54, 1.807) is 0 Å². The van der Waals surface area contributed by atoms with Crippen LogP contribution in [0.3, 0.4) is 0 Å². The number of hydrogen-bond donors (Lipinski definition) is 3. The molecule has 0 heterocycles. The molecule has 54 valence electrons. The molecule has 2 amide bonds. The van der Waals surface area contributed by atoms with Crippen LogP contribution in [0.4, 0.5) is 0 Å². The molecule has 0 rings (SSSR count). The minimum Gasteiger partial charge on any atom is -1.00 e. The minimum absolute atomic E-state index is 0. The van der Waals surface area contributed by atoms with Gasteiger partial charge in [-0.1, -0.05) is 0 Å². The van der Waals surface area contributed by atoms with Crippen molar-refractivity contribution in [2.45, 2.75) is 12.5 Å². The Balaban J connectivity index is -0.000000320. The number of hydrogen-bond acceptors (Lipinski definition) is 3. The molecule has 5 N–H and O–H groups in total. The number of primary amides is 2. The summed E-state index contributed by atoms with van der Waals surface area (Å²) in [4.78, 5) is 20.0. The van der Waals surface area contributed by atoms with Crippen molar-refractivity contribution in [2.24, 2.45) is 11.5 Å². The fourth-order valence-electron chi connectivity index (χ4n) is 0.291. The molecule has 5 nitrogen and oxygen atoms in total. The van der Waals surface area contributed by atoms with Gasteiger partial charge in [-0.3, -0.25) is 9.59 Å². The third kappa shape index (κ3) is 6.65. The summed E-state index contributed by atoms with van der Waals surface area (Å²) in [5.74, 6) is -1.69. The fraction of sp³-hybridized carbons (Fsp3) is 0.500. The van der Waals surface area contributed by atoms with Gasteiger partial charge in [-0.25, -0.2) is 0 Å². The molecule has 0 fully saturated rings. The summed E-state index contributed by atoms with van der Waals surface area (Å²) in [6.45, 7) is 0. The van der Waals surface area contributed by atoms with Crippen molar-refractivity contribution in [1.29, 1.82) is 0 Å². The second kappa shape index (κ2) is 6.26. The zero-order valence-electron chi connectivity index (χ0n) is 6.70. The van der Waals surface area contributed by atoms with Gasteiger partial charge in [0.05, 0.1) is 6.42 Å². The van der Waals surface area contributed by atoms with Crippen LogP contribution < -0.4 is 62.9 Å². The van der Waals surface area contributed by atoms with Gasteiger partial charge in [-0.15, -0.1) is 0 Å². The van der Waals surface area contributed by atoms with Gasteiger partial charge in [0, 0.05) is 0 Å². The molecule has 0 aliphatic rings. The van der Waals surface area contributed by atoms with Crippen molar-refractivity contribution in [1.82, 2.24) is 0 Å². The van der Waals surface area contributed by atoms with Crippen molar-refractivity contribution in [3.63, 3.8) is 0 Å². The van der Waals surface area contributed by atoms with Gasteiger partial charge in [0.2, 0.25) is 11.8 Å². The van der Waals surface area contributed by atoms with E-state index in [0.717, 1.165) is 0 Å². The molecule has 0 aromatic heterocycles. The Kier molecular flexibility index (Phi) is 8.23. The van der Waals surface area contributed by atoms with Crippen LogP contribution in [0.15, 0.2) is 0 Å². The Bertz CT molecular complexity index is 143. The summed E-state index contributed by atoms with van der Waals surface area (Å²) in [6.07, 6.45) is -1.85. The van der Waals surface area contributed by atoms with Crippen molar-refractivity contribution in [3.05, 3.63) is 0 Å². The summed E-state index contributed by atoms with van der Waals surface area (Å²) in [5.41, 5.74) is 9.21.